The maximum atomic E-state index is 5.62. The average Bonchev–Trinajstić information content (AvgIpc) is 1.90. The molecule has 0 heterocycles. The van der Waals surface area contributed by atoms with Crippen LogP contribution in [-0.4, -0.2) is 0 Å². The van der Waals surface area contributed by atoms with Crippen molar-refractivity contribution >= 4 is 11.9 Å². The third kappa shape index (κ3) is 2.77. The molecule has 3 heteroatoms. The van der Waals surface area contributed by atoms with E-state index < -0.39 is 0 Å². The van der Waals surface area contributed by atoms with Gasteiger partial charge in [-0.15, -0.1) is 0 Å². The minimum absolute atomic E-state index is 0.896. The van der Waals surface area contributed by atoms with Gasteiger partial charge < -0.3 is 5.73 Å². The monoisotopic (exact) mass is 146 g/mol. The molecule has 0 atom stereocenters. The van der Waals surface area contributed by atoms with Gasteiger partial charge in [0, 0.05) is 10.6 Å². The first-order valence-corrected chi connectivity index (χ1v) is 3.98. The van der Waals surface area contributed by atoms with E-state index in [1.54, 1.807) is 0 Å². The maximum absolute atomic E-state index is 5.62. The Morgan fingerprint density at radius 3 is 2.00 bits per heavy atom. The van der Waals surface area contributed by atoms with Crippen LogP contribution in [0, 0.1) is 0 Å². The molecule has 0 aliphatic carbocycles. The Labute approximate surface area is 60.8 Å². The van der Waals surface area contributed by atoms with Crippen LogP contribution >= 0.6 is 11.9 Å². The summed E-state index contributed by atoms with van der Waals surface area (Å²) in [6.45, 7) is 4.08. The highest BCUT2D eigenvalue weighted by Gasteiger charge is 1.95. The Balaban J connectivity index is 4.01. The van der Waals surface area contributed by atoms with Crippen LogP contribution in [0.15, 0.2) is 10.6 Å². The zero-order valence-electron chi connectivity index (χ0n) is 5.98. The standard InChI is InChI=1S/C6H14N2S/c1-3-5(7)6(4-2)9-8/h3-4,7-8H2,1-2H3/b6-5-. The smallest absolute Gasteiger partial charge is 0.0187 e. The van der Waals surface area contributed by atoms with E-state index in [-0.39, 0.29) is 0 Å². The number of hydrogen-bond donors (Lipinski definition) is 2. The molecule has 0 bridgehead atoms. The normalized spacial score (nSPS) is 13.2. The fraction of sp³-hybridized carbons (Fsp3) is 0.667. The Morgan fingerprint density at radius 1 is 1.33 bits per heavy atom. The first kappa shape index (κ1) is 8.85. The van der Waals surface area contributed by atoms with Crippen molar-refractivity contribution in [3.63, 3.8) is 0 Å². The Morgan fingerprint density at radius 2 is 1.89 bits per heavy atom. The van der Waals surface area contributed by atoms with E-state index in [0.29, 0.717) is 0 Å². The molecule has 0 aromatic heterocycles. The zero-order valence-corrected chi connectivity index (χ0v) is 6.79. The summed E-state index contributed by atoms with van der Waals surface area (Å²) >= 11 is 1.26. The number of allylic oxidation sites excluding steroid dienone is 2. The van der Waals surface area contributed by atoms with Crippen molar-refractivity contribution in [2.24, 2.45) is 10.9 Å². The van der Waals surface area contributed by atoms with Gasteiger partial charge in [-0.2, -0.15) is 0 Å². The van der Waals surface area contributed by atoms with Crippen molar-refractivity contribution in [2.75, 3.05) is 0 Å². The lowest BCUT2D eigenvalue weighted by Crippen LogP contribution is -2.00. The Bertz CT molecular complexity index is 104. The Hall–Kier alpha value is -0.150. The van der Waals surface area contributed by atoms with Crippen LogP contribution in [0.1, 0.15) is 26.7 Å². The van der Waals surface area contributed by atoms with Gasteiger partial charge in [-0.25, -0.2) is 0 Å². The molecule has 0 aliphatic heterocycles. The quantitative estimate of drug-likeness (QED) is 0.594. The topological polar surface area (TPSA) is 52.0 Å². The van der Waals surface area contributed by atoms with Crippen molar-refractivity contribution in [3.8, 4) is 0 Å². The van der Waals surface area contributed by atoms with Crippen LogP contribution in [0.5, 0.6) is 0 Å². The van der Waals surface area contributed by atoms with Gasteiger partial charge in [0.15, 0.2) is 0 Å². The molecular formula is C6H14N2S. The van der Waals surface area contributed by atoms with Crippen LogP contribution in [0.4, 0.5) is 0 Å². The molecule has 0 saturated carbocycles. The van der Waals surface area contributed by atoms with Crippen LogP contribution in [0.2, 0.25) is 0 Å². The molecule has 0 saturated heterocycles. The molecule has 0 fully saturated rings. The zero-order chi connectivity index (χ0) is 7.28. The summed E-state index contributed by atoms with van der Waals surface area (Å²) in [6.07, 6.45) is 1.84. The van der Waals surface area contributed by atoms with Gasteiger partial charge in [0.1, 0.15) is 0 Å². The molecule has 0 aliphatic rings. The lowest BCUT2D eigenvalue weighted by atomic mass is 10.3. The van der Waals surface area contributed by atoms with E-state index in [9.17, 15) is 0 Å². The highest BCUT2D eigenvalue weighted by molar-refractivity contribution is 8.00. The Kier molecular flexibility index (Phi) is 4.62. The molecule has 0 spiro atoms. The summed E-state index contributed by atoms with van der Waals surface area (Å²) < 4.78 is 0. The summed E-state index contributed by atoms with van der Waals surface area (Å²) in [5, 5.41) is 5.34. The van der Waals surface area contributed by atoms with Crippen molar-refractivity contribution in [1.82, 2.24) is 0 Å². The third-order valence-corrected chi connectivity index (χ3v) is 2.04. The highest BCUT2D eigenvalue weighted by atomic mass is 32.2. The van der Waals surface area contributed by atoms with E-state index in [1.807, 2.05) is 6.92 Å². The average molecular weight is 146 g/mol. The van der Waals surface area contributed by atoms with Crippen LogP contribution < -0.4 is 10.9 Å². The van der Waals surface area contributed by atoms with Gasteiger partial charge >= 0.3 is 0 Å². The lowest BCUT2D eigenvalue weighted by Gasteiger charge is -2.02. The van der Waals surface area contributed by atoms with Crippen molar-refractivity contribution in [2.45, 2.75) is 26.7 Å². The number of nitrogens with two attached hydrogens (primary N) is 2. The van der Waals surface area contributed by atoms with Gasteiger partial charge in [0.05, 0.1) is 0 Å². The SMILES string of the molecule is CC/C(N)=C(\CC)SN. The number of hydrogen-bond acceptors (Lipinski definition) is 3. The summed E-state index contributed by atoms with van der Waals surface area (Å²) in [5.74, 6) is 0. The van der Waals surface area contributed by atoms with Crippen LogP contribution in [-0.2, 0) is 0 Å². The van der Waals surface area contributed by atoms with Gasteiger partial charge in [-0.05, 0) is 12.8 Å². The summed E-state index contributed by atoms with van der Waals surface area (Å²) in [5.41, 5.74) is 6.54. The van der Waals surface area contributed by atoms with Gasteiger partial charge in [0.2, 0.25) is 0 Å². The highest BCUT2D eigenvalue weighted by Crippen LogP contribution is 2.16. The van der Waals surface area contributed by atoms with E-state index in [1.165, 1.54) is 11.9 Å². The lowest BCUT2D eigenvalue weighted by molar-refractivity contribution is 1.02. The molecule has 0 radical (unpaired) electrons. The first-order chi connectivity index (χ1) is 4.26. The van der Waals surface area contributed by atoms with Crippen molar-refractivity contribution < 1.29 is 0 Å². The number of rotatable bonds is 3. The van der Waals surface area contributed by atoms with E-state index in [0.717, 1.165) is 23.4 Å². The third-order valence-electron chi connectivity index (χ3n) is 1.20. The second-order valence-corrected chi connectivity index (χ2v) is 2.50. The largest absolute Gasteiger partial charge is 0.401 e. The molecule has 0 amide bonds. The predicted molar refractivity (Wildman–Crippen MR) is 43.6 cm³/mol. The van der Waals surface area contributed by atoms with Gasteiger partial charge in [-0.1, -0.05) is 25.8 Å². The minimum atomic E-state index is 0.896. The molecular weight excluding hydrogens is 132 g/mol. The van der Waals surface area contributed by atoms with Crippen molar-refractivity contribution in [3.05, 3.63) is 10.6 Å². The second kappa shape index (κ2) is 4.70. The molecule has 0 unspecified atom stereocenters. The predicted octanol–water partition coefficient (Wildman–Crippen LogP) is 1.58. The van der Waals surface area contributed by atoms with Crippen LogP contribution in [0.3, 0.4) is 0 Å². The van der Waals surface area contributed by atoms with E-state index >= 15 is 0 Å². The maximum Gasteiger partial charge on any atom is 0.0187 e. The molecule has 9 heavy (non-hydrogen) atoms. The van der Waals surface area contributed by atoms with Gasteiger partial charge in [0.25, 0.3) is 0 Å². The first-order valence-electron chi connectivity index (χ1n) is 3.10. The second-order valence-electron chi connectivity index (χ2n) is 1.77. The van der Waals surface area contributed by atoms with E-state index in [4.69, 9.17) is 10.9 Å². The fourth-order valence-electron chi connectivity index (χ4n) is 0.583. The molecule has 54 valence electrons. The molecule has 0 rings (SSSR count). The summed E-state index contributed by atoms with van der Waals surface area (Å²) in [4.78, 5) is 1.11. The molecule has 0 aromatic rings. The van der Waals surface area contributed by atoms with Crippen molar-refractivity contribution in [1.29, 1.82) is 0 Å². The summed E-state index contributed by atoms with van der Waals surface area (Å²) in [6, 6.07) is 0. The van der Waals surface area contributed by atoms with E-state index in [2.05, 4.69) is 6.92 Å². The fourth-order valence-corrected chi connectivity index (χ4v) is 1.05. The minimum Gasteiger partial charge on any atom is -0.401 e. The molecule has 0 aromatic carbocycles. The van der Waals surface area contributed by atoms with Gasteiger partial charge in [-0.3, -0.25) is 5.14 Å². The van der Waals surface area contributed by atoms with Crippen LogP contribution in [0.25, 0.3) is 0 Å². The molecule has 4 N–H and O–H groups in total. The summed E-state index contributed by atoms with van der Waals surface area (Å²) in [7, 11) is 0. The molecule has 2 nitrogen and oxygen atoms in total.